The van der Waals surface area contributed by atoms with Crippen LogP contribution in [0.4, 0.5) is 0 Å². The second kappa shape index (κ2) is 9.23. The third-order valence-corrected chi connectivity index (χ3v) is 4.31. The number of esters is 2. The van der Waals surface area contributed by atoms with Crippen LogP contribution in [0.3, 0.4) is 0 Å². The Balaban J connectivity index is 2.50. The van der Waals surface area contributed by atoms with Gasteiger partial charge in [-0.15, -0.1) is 0 Å². The van der Waals surface area contributed by atoms with Crippen molar-refractivity contribution < 1.29 is 19.1 Å². The molecule has 2 aromatic rings. The molecule has 0 saturated heterocycles. The maximum absolute atomic E-state index is 11.9. The first-order valence-electron chi connectivity index (χ1n) is 9.37. The van der Waals surface area contributed by atoms with Gasteiger partial charge in [0.05, 0.1) is 0 Å². The molecule has 0 fully saturated rings. The highest BCUT2D eigenvalue weighted by Crippen LogP contribution is 2.35. The van der Waals surface area contributed by atoms with Gasteiger partial charge in [-0.3, -0.25) is 0 Å². The number of carbonyl (C=O) groups is 2. The Bertz CT molecular complexity index is 999. The highest BCUT2D eigenvalue weighted by atomic mass is 16.5. The number of rotatable bonds is 7. The van der Waals surface area contributed by atoms with Crippen molar-refractivity contribution in [2.75, 3.05) is 0 Å². The zero-order valence-electron chi connectivity index (χ0n) is 17.9. The highest BCUT2D eigenvalue weighted by molar-refractivity contribution is 5.91. The van der Waals surface area contributed by atoms with E-state index >= 15 is 0 Å². The molecule has 0 aromatic heterocycles. The molecule has 2 aromatic carbocycles. The predicted octanol–water partition coefficient (Wildman–Crippen LogP) is 6.38. The van der Waals surface area contributed by atoms with Crippen LogP contribution < -0.4 is 9.47 Å². The van der Waals surface area contributed by atoms with Crippen molar-refractivity contribution in [1.82, 2.24) is 0 Å². The van der Waals surface area contributed by atoms with Gasteiger partial charge in [-0.05, 0) is 74.2 Å². The van der Waals surface area contributed by atoms with Gasteiger partial charge in [0.15, 0.2) is 0 Å². The molecule has 0 N–H and O–H groups in total. The lowest BCUT2D eigenvalue weighted by Gasteiger charge is -2.15. The molecule has 0 aliphatic rings. The predicted molar refractivity (Wildman–Crippen MR) is 122 cm³/mol. The smallest absolute Gasteiger partial charge is 0.338 e. The summed E-state index contributed by atoms with van der Waals surface area (Å²) in [4.78, 5) is 23.9. The molecule has 0 amide bonds. The minimum atomic E-state index is -0.488. The van der Waals surface area contributed by atoms with Gasteiger partial charge in [-0.2, -0.15) is 0 Å². The molecule has 0 aliphatic carbocycles. The number of ether oxygens (including phenoxy) is 2. The van der Waals surface area contributed by atoms with E-state index in [0.29, 0.717) is 22.6 Å². The Morgan fingerprint density at radius 3 is 1.23 bits per heavy atom. The third kappa shape index (κ3) is 5.23. The standard InChI is InChI=1S/C26H26O4/c1-15(2)21-13-19(9-11-23(21)29-25(27)17(5)6)20-10-12-24(22(14-20)16(3)4)30-26(28)18(7)8/h9-14H,1,3,5,7H2,2,4,6,8H3. The summed E-state index contributed by atoms with van der Waals surface area (Å²) in [5, 5.41) is 0. The van der Waals surface area contributed by atoms with E-state index in [4.69, 9.17) is 9.47 Å². The van der Waals surface area contributed by atoms with Gasteiger partial charge in [-0.25, -0.2) is 9.59 Å². The molecule has 4 nitrogen and oxygen atoms in total. The summed E-state index contributed by atoms with van der Waals surface area (Å²) >= 11 is 0. The van der Waals surface area contributed by atoms with Gasteiger partial charge in [0.25, 0.3) is 0 Å². The van der Waals surface area contributed by atoms with Crippen molar-refractivity contribution in [3.8, 4) is 22.6 Å². The summed E-state index contributed by atoms with van der Waals surface area (Å²) in [5.41, 5.74) is 5.37. The van der Waals surface area contributed by atoms with E-state index in [1.165, 1.54) is 0 Å². The van der Waals surface area contributed by atoms with E-state index in [1.54, 1.807) is 26.0 Å². The van der Waals surface area contributed by atoms with Gasteiger partial charge >= 0.3 is 11.9 Å². The Kier molecular flexibility index (Phi) is 6.96. The Labute approximate surface area is 177 Å². The van der Waals surface area contributed by atoms with E-state index in [0.717, 1.165) is 33.4 Å². The van der Waals surface area contributed by atoms with E-state index in [2.05, 4.69) is 26.3 Å². The Morgan fingerprint density at radius 1 is 0.633 bits per heavy atom. The SMILES string of the molecule is C=C(C)C(=O)Oc1ccc(-c2ccc(OC(=O)C(=C)C)c(C(=C)C)c2)cc1C(=C)C. The van der Waals surface area contributed by atoms with Crippen LogP contribution in [0.2, 0.25) is 0 Å². The molecular formula is C26H26O4. The molecule has 0 spiro atoms. The molecule has 0 bridgehead atoms. The molecule has 0 heterocycles. The van der Waals surface area contributed by atoms with Gasteiger partial charge in [0, 0.05) is 22.3 Å². The summed E-state index contributed by atoms with van der Waals surface area (Å²) in [6.45, 7) is 22.1. The molecule has 30 heavy (non-hydrogen) atoms. The fourth-order valence-corrected chi connectivity index (χ4v) is 2.64. The van der Waals surface area contributed by atoms with Crippen molar-refractivity contribution in [3.63, 3.8) is 0 Å². The minimum Gasteiger partial charge on any atom is -0.423 e. The monoisotopic (exact) mass is 402 g/mol. The van der Waals surface area contributed by atoms with Crippen molar-refractivity contribution >= 4 is 23.1 Å². The van der Waals surface area contributed by atoms with E-state index < -0.39 is 11.9 Å². The first-order chi connectivity index (χ1) is 14.0. The summed E-state index contributed by atoms with van der Waals surface area (Å²) in [7, 11) is 0. The van der Waals surface area contributed by atoms with E-state index in [1.807, 2.05) is 38.1 Å². The van der Waals surface area contributed by atoms with Crippen LogP contribution in [0.5, 0.6) is 11.5 Å². The minimum absolute atomic E-state index is 0.317. The van der Waals surface area contributed by atoms with Crippen molar-refractivity contribution in [2.24, 2.45) is 0 Å². The van der Waals surface area contributed by atoms with Gasteiger partial charge < -0.3 is 9.47 Å². The summed E-state index contributed by atoms with van der Waals surface area (Å²) in [5.74, 6) is -0.130. The fourth-order valence-electron chi connectivity index (χ4n) is 2.64. The van der Waals surface area contributed by atoms with Crippen molar-refractivity contribution in [3.05, 3.63) is 85.0 Å². The van der Waals surface area contributed by atoms with Gasteiger partial charge in [0.2, 0.25) is 0 Å². The topological polar surface area (TPSA) is 52.6 Å². The second-order valence-electron chi connectivity index (χ2n) is 7.32. The third-order valence-electron chi connectivity index (χ3n) is 4.31. The van der Waals surface area contributed by atoms with Gasteiger partial charge in [-0.1, -0.05) is 38.4 Å². The van der Waals surface area contributed by atoms with Crippen LogP contribution in [-0.2, 0) is 9.59 Å². The molecular weight excluding hydrogens is 376 g/mol. The first-order valence-corrected chi connectivity index (χ1v) is 9.37. The van der Waals surface area contributed by atoms with Crippen LogP contribution in [0.15, 0.2) is 73.9 Å². The number of carbonyl (C=O) groups excluding carboxylic acids is 2. The number of allylic oxidation sites excluding steroid dienone is 2. The van der Waals surface area contributed by atoms with Crippen LogP contribution in [-0.4, -0.2) is 11.9 Å². The molecule has 0 saturated carbocycles. The first kappa shape index (κ1) is 22.6. The van der Waals surface area contributed by atoms with Crippen LogP contribution in [0.25, 0.3) is 22.3 Å². The lowest BCUT2D eigenvalue weighted by molar-refractivity contribution is -0.131. The largest absolute Gasteiger partial charge is 0.423 e. The summed E-state index contributed by atoms with van der Waals surface area (Å²) in [6, 6.07) is 11.0. The average molecular weight is 402 g/mol. The average Bonchev–Trinajstić information content (AvgIpc) is 2.67. The molecule has 2 rings (SSSR count). The molecule has 0 unspecified atom stereocenters. The van der Waals surface area contributed by atoms with Crippen LogP contribution in [0.1, 0.15) is 38.8 Å². The Hall–Kier alpha value is -3.66. The van der Waals surface area contributed by atoms with Gasteiger partial charge in [0.1, 0.15) is 11.5 Å². The van der Waals surface area contributed by atoms with Crippen molar-refractivity contribution in [1.29, 1.82) is 0 Å². The Morgan fingerprint density at radius 2 is 0.967 bits per heavy atom. The zero-order chi connectivity index (χ0) is 22.6. The van der Waals surface area contributed by atoms with Crippen LogP contribution in [0, 0.1) is 0 Å². The molecule has 0 aliphatic heterocycles. The number of hydrogen-bond donors (Lipinski definition) is 0. The summed E-state index contributed by atoms with van der Waals surface area (Å²) in [6.07, 6.45) is 0. The molecule has 0 radical (unpaired) electrons. The van der Waals surface area contributed by atoms with Crippen LogP contribution >= 0.6 is 0 Å². The lowest BCUT2D eigenvalue weighted by atomic mass is 9.96. The lowest BCUT2D eigenvalue weighted by Crippen LogP contribution is -2.10. The number of hydrogen-bond acceptors (Lipinski definition) is 4. The maximum atomic E-state index is 11.9. The molecule has 4 heteroatoms. The number of benzene rings is 2. The highest BCUT2D eigenvalue weighted by Gasteiger charge is 2.15. The fraction of sp³-hybridized carbons (Fsp3) is 0.154. The normalized spacial score (nSPS) is 10.1. The maximum Gasteiger partial charge on any atom is 0.338 e. The van der Waals surface area contributed by atoms with E-state index in [9.17, 15) is 9.59 Å². The van der Waals surface area contributed by atoms with E-state index in [-0.39, 0.29) is 0 Å². The molecule has 0 atom stereocenters. The second-order valence-corrected chi connectivity index (χ2v) is 7.32. The zero-order valence-corrected chi connectivity index (χ0v) is 17.9. The summed E-state index contributed by atoms with van der Waals surface area (Å²) < 4.78 is 10.9. The molecule has 154 valence electrons. The quantitative estimate of drug-likeness (QED) is 0.306. The van der Waals surface area contributed by atoms with Crippen molar-refractivity contribution in [2.45, 2.75) is 27.7 Å².